The lowest BCUT2D eigenvalue weighted by atomic mass is 9.98. The fourth-order valence-electron chi connectivity index (χ4n) is 8.79. The lowest BCUT2D eigenvalue weighted by molar-refractivity contribution is -0.124. The van der Waals surface area contributed by atoms with Crippen LogP contribution in [0.3, 0.4) is 0 Å². The van der Waals surface area contributed by atoms with E-state index in [1.54, 1.807) is 24.3 Å². The van der Waals surface area contributed by atoms with Gasteiger partial charge in [0.05, 0.1) is 36.3 Å². The molecule has 7 rings (SSSR count). The molecule has 6 heterocycles. The second-order valence-electron chi connectivity index (χ2n) is 13.8. The van der Waals surface area contributed by atoms with E-state index in [-0.39, 0.29) is 36.5 Å². The van der Waals surface area contributed by atoms with E-state index in [4.69, 9.17) is 0 Å². The molecular weight excluding hydrogens is 556 g/mol. The van der Waals surface area contributed by atoms with Gasteiger partial charge < -0.3 is 9.80 Å². The SMILES string of the molecule is O=C1CC(N2CCC(N3CCCCC3)CC2)C(=O)N1c1ccc(N2C(=O)CC(N3CCC(N4CCCCC4)CC3)C2=O)cc1. The quantitative estimate of drug-likeness (QED) is 0.459. The number of rotatable bonds is 6. The zero-order valence-corrected chi connectivity index (χ0v) is 26.1. The maximum Gasteiger partial charge on any atom is 0.251 e. The monoisotopic (exact) mass is 604 g/mol. The Labute approximate surface area is 261 Å². The Morgan fingerprint density at radius 2 is 0.773 bits per heavy atom. The molecule has 0 spiro atoms. The first-order valence-electron chi connectivity index (χ1n) is 17.3. The highest BCUT2D eigenvalue weighted by atomic mass is 16.2. The number of likely N-dealkylation sites (tertiary alicyclic amines) is 4. The van der Waals surface area contributed by atoms with Crippen molar-refractivity contribution in [1.29, 1.82) is 0 Å². The van der Waals surface area contributed by atoms with E-state index in [0.29, 0.717) is 23.5 Å². The molecule has 6 saturated heterocycles. The largest absolute Gasteiger partial charge is 0.300 e. The first-order chi connectivity index (χ1) is 21.5. The van der Waals surface area contributed by atoms with Crippen LogP contribution in [0.5, 0.6) is 0 Å². The number of anilines is 2. The van der Waals surface area contributed by atoms with Gasteiger partial charge in [-0.1, -0.05) is 12.8 Å². The van der Waals surface area contributed by atoms with Crippen LogP contribution in [0.25, 0.3) is 0 Å². The number of hydrogen-bond acceptors (Lipinski definition) is 8. The number of benzene rings is 1. The number of amides is 4. The Bertz CT molecular complexity index is 1130. The molecule has 0 aliphatic carbocycles. The predicted octanol–water partition coefficient (Wildman–Crippen LogP) is 2.85. The van der Waals surface area contributed by atoms with E-state index in [9.17, 15) is 19.2 Å². The van der Waals surface area contributed by atoms with Crippen molar-refractivity contribution in [2.24, 2.45) is 0 Å². The summed E-state index contributed by atoms with van der Waals surface area (Å²) < 4.78 is 0. The van der Waals surface area contributed by atoms with Gasteiger partial charge in [-0.05, 0) is 102 Å². The third kappa shape index (κ3) is 5.86. The highest BCUT2D eigenvalue weighted by molar-refractivity contribution is 6.24. The molecule has 238 valence electrons. The third-order valence-electron chi connectivity index (χ3n) is 11.3. The van der Waals surface area contributed by atoms with Crippen LogP contribution >= 0.6 is 0 Å². The van der Waals surface area contributed by atoms with Gasteiger partial charge in [-0.25, -0.2) is 9.80 Å². The molecule has 6 aliphatic heterocycles. The van der Waals surface area contributed by atoms with Crippen molar-refractivity contribution < 1.29 is 19.2 Å². The molecule has 6 fully saturated rings. The summed E-state index contributed by atoms with van der Waals surface area (Å²) in [5.41, 5.74) is 1.01. The molecule has 10 heteroatoms. The predicted molar refractivity (Wildman–Crippen MR) is 168 cm³/mol. The van der Waals surface area contributed by atoms with Crippen molar-refractivity contribution in [3.63, 3.8) is 0 Å². The second-order valence-corrected chi connectivity index (χ2v) is 13.8. The van der Waals surface area contributed by atoms with Crippen LogP contribution in [0.1, 0.15) is 77.0 Å². The van der Waals surface area contributed by atoms with Gasteiger partial charge in [0.15, 0.2) is 0 Å². The maximum absolute atomic E-state index is 13.5. The third-order valence-corrected chi connectivity index (χ3v) is 11.3. The summed E-state index contributed by atoms with van der Waals surface area (Å²) in [6.07, 6.45) is 12.4. The molecule has 0 aromatic heterocycles. The number of piperidine rings is 4. The minimum Gasteiger partial charge on any atom is -0.300 e. The summed E-state index contributed by atoms with van der Waals surface area (Å²) in [4.78, 5) is 65.4. The van der Waals surface area contributed by atoms with Gasteiger partial charge in [-0.3, -0.25) is 29.0 Å². The smallest absolute Gasteiger partial charge is 0.251 e. The molecule has 6 aliphatic rings. The van der Waals surface area contributed by atoms with E-state index < -0.39 is 12.1 Å². The van der Waals surface area contributed by atoms with Crippen LogP contribution in [0.4, 0.5) is 11.4 Å². The van der Waals surface area contributed by atoms with Crippen LogP contribution in [0.15, 0.2) is 24.3 Å². The number of imide groups is 2. The Morgan fingerprint density at radius 1 is 0.432 bits per heavy atom. The Morgan fingerprint density at radius 3 is 1.11 bits per heavy atom. The van der Waals surface area contributed by atoms with Crippen LogP contribution in [0.2, 0.25) is 0 Å². The van der Waals surface area contributed by atoms with Crippen LogP contribution in [-0.2, 0) is 19.2 Å². The van der Waals surface area contributed by atoms with Crippen molar-refractivity contribution in [3.05, 3.63) is 24.3 Å². The van der Waals surface area contributed by atoms with Crippen molar-refractivity contribution in [2.75, 3.05) is 62.2 Å². The Balaban J connectivity index is 0.950. The van der Waals surface area contributed by atoms with Crippen LogP contribution in [-0.4, -0.2) is 120 Å². The summed E-state index contributed by atoms with van der Waals surface area (Å²) in [7, 11) is 0. The molecule has 0 radical (unpaired) electrons. The van der Waals surface area contributed by atoms with Gasteiger partial charge in [-0.15, -0.1) is 0 Å². The summed E-state index contributed by atoms with van der Waals surface area (Å²) in [5.74, 6) is -0.708. The zero-order chi connectivity index (χ0) is 30.2. The van der Waals surface area contributed by atoms with Gasteiger partial charge in [0.25, 0.3) is 11.8 Å². The molecule has 44 heavy (non-hydrogen) atoms. The molecule has 0 saturated carbocycles. The van der Waals surface area contributed by atoms with Crippen molar-refractivity contribution in [1.82, 2.24) is 19.6 Å². The van der Waals surface area contributed by atoms with Gasteiger partial charge in [0.2, 0.25) is 11.8 Å². The van der Waals surface area contributed by atoms with E-state index in [1.165, 1.54) is 74.5 Å². The first-order valence-corrected chi connectivity index (χ1v) is 17.3. The molecule has 1 aromatic rings. The van der Waals surface area contributed by atoms with Gasteiger partial charge in [0, 0.05) is 38.3 Å². The number of carbonyl (C=O) groups excluding carboxylic acids is 4. The molecule has 2 unspecified atom stereocenters. The van der Waals surface area contributed by atoms with Crippen LogP contribution in [0, 0.1) is 0 Å². The van der Waals surface area contributed by atoms with Crippen molar-refractivity contribution >= 4 is 35.0 Å². The van der Waals surface area contributed by atoms with Gasteiger partial charge >= 0.3 is 0 Å². The van der Waals surface area contributed by atoms with E-state index in [1.807, 2.05) is 0 Å². The molecule has 10 nitrogen and oxygen atoms in total. The van der Waals surface area contributed by atoms with Crippen molar-refractivity contribution in [2.45, 2.75) is 101 Å². The van der Waals surface area contributed by atoms with Gasteiger partial charge in [0.1, 0.15) is 0 Å². The molecule has 1 aromatic carbocycles. The van der Waals surface area contributed by atoms with E-state index >= 15 is 0 Å². The van der Waals surface area contributed by atoms with Crippen molar-refractivity contribution in [3.8, 4) is 0 Å². The highest BCUT2D eigenvalue weighted by Crippen LogP contribution is 2.33. The summed E-state index contributed by atoms with van der Waals surface area (Å²) in [5, 5.41) is 0. The zero-order valence-electron chi connectivity index (χ0n) is 26.1. The molecule has 0 bridgehead atoms. The fraction of sp³-hybridized carbons (Fsp3) is 0.706. The fourth-order valence-corrected chi connectivity index (χ4v) is 8.79. The average Bonchev–Trinajstić information content (AvgIpc) is 3.55. The molecule has 0 N–H and O–H groups in total. The molecule has 4 amide bonds. The Hall–Kier alpha value is -2.66. The first kappa shape index (κ1) is 30.0. The van der Waals surface area contributed by atoms with Crippen LogP contribution < -0.4 is 9.80 Å². The van der Waals surface area contributed by atoms with Gasteiger partial charge in [-0.2, -0.15) is 0 Å². The normalized spacial score (nSPS) is 29.8. The lowest BCUT2D eigenvalue weighted by Crippen LogP contribution is -2.51. The summed E-state index contributed by atoms with van der Waals surface area (Å²) in [6, 6.07) is 7.16. The average molecular weight is 605 g/mol. The lowest BCUT2D eigenvalue weighted by Gasteiger charge is -2.41. The molecule has 2 atom stereocenters. The topological polar surface area (TPSA) is 87.7 Å². The van der Waals surface area contributed by atoms with E-state index in [2.05, 4.69) is 19.6 Å². The minimum absolute atomic E-state index is 0.166. The summed E-state index contributed by atoms with van der Waals surface area (Å²) in [6.45, 7) is 8.10. The number of nitrogens with zero attached hydrogens (tertiary/aromatic N) is 6. The minimum atomic E-state index is -0.411. The van der Waals surface area contributed by atoms with E-state index in [0.717, 1.165) is 51.9 Å². The molecular formula is C34H48N6O4. The highest BCUT2D eigenvalue weighted by Gasteiger charge is 2.46. The Kier molecular flexibility index (Phi) is 8.86. The number of hydrogen-bond donors (Lipinski definition) is 0. The second kappa shape index (κ2) is 13.0. The summed E-state index contributed by atoms with van der Waals surface area (Å²) >= 11 is 0. The maximum atomic E-state index is 13.5. The standard InChI is InChI=1S/C34H48N6O4/c41-31-23-29(37-19-11-25(12-20-37)35-15-3-1-4-16-35)33(43)39(31)27-7-9-28(10-8-27)40-32(42)24-30(34(40)44)38-21-13-26(14-22-38)36-17-5-2-6-18-36/h7-10,25-26,29-30H,1-6,11-24H2. The number of carbonyl (C=O) groups is 4.